The number of benzene rings is 2. The molecule has 1 amide bonds. The van der Waals surface area contributed by atoms with Gasteiger partial charge in [0.25, 0.3) is 12.3 Å². The van der Waals surface area contributed by atoms with Crippen molar-refractivity contribution in [3.8, 4) is 11.3 Å². The van der Waals surface area contributed by atoms with Gasteiger partial charge in [-0.25, -0.2) is 18.3 Å². The molecule has 0 aliphatic heterocycles. The van der Waals surface area contributed by atoms with E-state index >= 15 is 0 Å². The van der Waals surface area contributed by atoms with E-state index in [0.717, 1.165) is 15.6 Å². The van der Waals surface area contributed by atoms with Gasteiger partial charge < -0.3 is 5.32 Å². The molecule has 5 rings (SSSR count). The number of fused-ring (bicyclic) bond motifs is 1. The van der Waals surface area contributed by atoms with Crippen LogP contribution in [0.3, 0.4) is 0 Å². The highest BCUT2D eigenvalue weighted by molar-refractivity contribution is 6.07. The highest BCUT2D eigenvalue weighted by Crippen LogP contribution is 2.27. The van der Waals surface area contributed by atoms with E-state index in [4.69, 9.17) is 0 Å². The Morgan fingerprint density at radius 1 is 1.06 bits per heavy atom. The lowest BCUT2D eigenvalue weighted by Crippen LogP contribution is -2.13. The molecule has 5 aromatic rings. The van der Waals surface area contributed by atoms with E-state index in [0.29, 0.717) is 23.6 Å². The number of carbonyl (C=O) groups is 1. The first-order chi connectivity index (χ1) is 16.5. The van der Waals surface area contributed by atoms with Crippen LogP contribution in [0.2, 0.25) is 0 Å². The van der Waals surface area contributed by atoms with Crippen LogP contribution in [0.5, 0.6) is 0 Å². The van der Waals surface area contributed by atoms with Crippen LogP contribution >= 0.6 is 0 Å². The van der Waals surface area contributed by atoms with Crippen molar-refractivity contribution in [3.63, 3.8) is 0 Å². The largest absolute Gasteiger partial charge is 0.305 e. The maximum Gasteiger partial charge on any atom is 0.280 e. The van der Waals surface area contributed by atoms with Crippen LogP contribution in [0.1, 0.15) is 33.6 Å². The lowest BCUT2D eigenvalue weighted by Gasteiger charge is -2.08. The Balaban J connectivity index is 1.44. The number of anilines is 1. The third-order valence-electron chi connectivity index (χ3n) is 5.51. The first kappa shape index (κ1) is 21.4. The van der Waals surface area contributed by atoms with Gasteiger partial charge in [-0.2, -0.15) is 10.2 Å². The molecule has 9 heteroatoms. The molecule has 3 heterocycles. The Morgan fingerprint density at radius 3 is 2.59 bits per heavy atom. The number of nitrogens with one attached hydrogen (secondary N) is 1. The Hall–Kier alpha value is -4.40. The van der Waals surface area contributed by atoms with Gasteiger partial charge in [0.15, 0.2) is 11.5 Å². The summed E-state index contributed by atoms with van der Waals surface area (Å²) in [4.78, 5) is 17.5. The van der Waals surface area contributed by atoms with E-state index in [9.17, 15) is 13.6 Å². The van der Waals surface area contributed by atoms with Crippen molar-refractivity contribution >= 4 is 17.4 Å². The maximum atomic E-state index is 13.8. The second-order valence-electron chi connectivity index (χ2n) is 7.81. The molecule has 7 nitrogen and oxygen atoms in total. The molecule has 170 valence electrons. The van der Waals surface area contributed by atoms with Gasteiger partial charge in [-0.1, -0.05) is 54.6 Å². The Labute approximate surface area is 193 Å². The third-order valence-corrected chi connectivity index (χ3v) is 5.51. The van der Waals surface area contributed by atoms with Gasteiger partial charge in [0, 0.05) is 17.8 Å². The smallest absolute Gasteiger partial charge is 0.280 e. The van der Waals surface area contributed by atoms with Crippen LogP contribution in [0, 0.1) is 6.92 Å². The number of hydrogen-bond donors (Lipinski definition) is 1. The number of rotatable bonds is 6. The number of aromatic nitrogens is 5. The van der Waals surface area contributed by atoms with Gasteiger partial charge >= 0.3 is 0 Å². The SMILES string of the molecule is Cc1ccccc1Cn1ccc(NC(=O)c2cnn3c(C(F)F)cc(-c4ccccc4)nc23)n1. The minimum Gasteiger partial charge on any atom is -0.305 e. The molecule has 0 saturated carbocycles. The van der Waals surface area contributed by atoms with Crippen molar-refractivity contribution in [2.45, 2.75) is 19.9 Å². The normalized spacial score (nSPS) is 11.3. The van der Waals surface area contributed by atoms with Crippen LogP contribution in [0.25, 0.3) is 16.9 Å². The quantitative estimate of drug-likeness (QED) is 0.382. The van der Waals surface area contributed by atoms with Crippen molar-refractivity contribution in [1.82, 2.24) is 24.4 Å². The summed E-state index contributed by atoms with van der Waals surface area (Å²) in [5.74, 6) is -0.194. The van der Waals surface area contributed by atoms with Crippen molar-refractivity contribution < 1.29 is 13.6 Å². The van der Waals surface area contributed by atoms with E-state index in [2.05, 4.69) is 20.5 Å². The van der Waals surface area contributed by atoms with Gasteiger partial charge in [0.05, 0.1) is 18.4 Å². The average Bonchev–Trinajstić information content (AvgIpc) is 3.47. The number of halogens is 2. The standard InChI is InChI=1S/C25H20F2N6O/c1-16-7-5-6-10-18(16)15-32-12-11-22(31-32)30-25(34)19-14-28-33-21(23(26)27)13-20(29-24(19)33)17-8-3-2-4-9-17/h2-14,23H,15H2,1H3,(H,30,31,34). The number of alkyl halides is 2. The monoisotopic (exact) mass is 458 g/mol. The summed E-state index contributed by atoms with van der Waals surface area (Å²) in [6.07, 6.45) is 0.211. The molecular weight excluding hydrogens is 438 g/mol. The molecule has 1 N–H and O–H groups in total. The van der Waals surface area contributed by atoms with E-state index in [1.807, 2.05) is 37.3 Å². The number of hydrogen-bond acceptors (Lipinski definition) is 4. The van der Waals surface area contributed by atoms with E-state index in [1.54, 1.807) is 41.2 Å². The lowest BCUT2D eigenvalue weighted by atomic mass is 10.1. The fraction of sp³-hybridized carbons (Fsp3) is 0.120. The van der Waals surface area contributed by atoms with Crippen LogP contribution in [-0.4, -0.2) is 30.3 Å². The van der Waals surface area contributed by atoms with Crippen molar-refractivity contribution in [2.75, 3.05) is 5.32 Å². The Bertz CT molecular complexity index is 1480. The fourth-order valence-electron chi connectivity index (χ4n) is 3.72. The number of amides is 1. The molecule has 2 aromatic carbocycles. The molecule has 0 radical (unpaired) electrons. The fourth-order valence-corrected chi connectivity index (χ4v) is 3.72. The molecule has 0 aliphatic rings. The second kappa shape index (κ2) is 8.86. The molecule has 0 atom stereocenters. The molecule has 0 fully saturated rings. The van der Waals surface area contributed by atoms with Crippen LogP contribution < -0.4 is 5.32 Å². The van der Waals surface area contributed by atoms with Crippen LogP contribution in [0.15, 0.2) is 79.1 Å². The van der Waals surface area contributed by atoms with Gasteiger partial charge in [-0.3, -0.25) is 9.48 Å². The highest BCUT2D eigenvalue weighted by atomic mass is 19.3. The summed E-state index contributed by atoms with van der Waals surface area (Å²) in [6.45, 7) is 2.58. The van der Waals surface area contributed by atoms with Gasteiger partial charge in [0.1, 0.15) is 11.3 Å². The summed E-state index contributed by atoms with van der Waals surface area (Å²) in [7, 11) is 0. The molecule has 0 aliphatic carbocycles. The first-order valence-electron chi connectivity index (χ1n) is 10.6. The van der Waals surface area contributed by atoms with Crippen molar-refractivity contribution in [3.05, 3.63) is 102 Å². The van der Waals surface area contributed by atoms with E-state index in [-0.39, 0.29) is 16.9 Å². The predicted octanol–water partition coefficient (Wildman–Crippen LogP) is 5.14. The molecule has 0 unspecified atom stereocenters. The summed E-state index contributed by atoms with van der Waals surface area (Å²) >= 11 is 0. The summed E-state index contributed by atoms with van der Waals surface area (Å²) in [5.41, 5.74) is 3.04. The Morgan fingerprint density at radius 2 is 1.82 bits per heavy atom. The van der Waals surface area contributed by atoms with Crippen LogP contribution in [0.4, 0.5) is 14.6 Å². The topological polar surface area (TPSA) is 77.1 Å². The minimum absolute atomic E-state index is 0.0495. The number of carbonyl (C=O) groups excluding carboxylic acids is 1. The molecule has 3 aromatic heterocycles. The first-order valence-corrected chi connectivity index (χ1v) is 10.6. The highest BCUT2D eigenvalue weighted by Gasteiger charge is 2.22. The molecular formula is C25H20F2N6O. The zero-order chi connectivity index (χ0) is 23.7. The lowest BCUT2D eigenvalue weighted by molar-refractivity contribution is 0.102. The second-order valence-corrected chi connectivity index (χ2v) is 7.81. The number of aryl methyl sites for hydroxylation is 1. The van der Waals surface area contributed by atoms with E-state index in [1.165, 1.54) is 12.3 Å². The van der Waals surface area contributed by atoms with Crippen LogP contribution in [-0.2, 0) is 6.54 Å². The molecule has 0 saturated heterocycles. The van der Waals surface area contributed by atoms with Gasteiger partial charge in [0.2, 0.25) is 0 Å². The minimum atomic E-state index is -2.79. The van der Waals surface area contributed by atoms with Gasteiger partial charge in [-0.15, -0.1) is 0 Å². The Kier molecular flexibility index (Phi) is 5.59. The average molecular weight is 458 g/mol. The predicted molar refractivity (Wildman–Crippen MR) is 124 cm³/mol. The van der Waals surface area contributed by atoms with E-state index < -0.39 is 12.3 Å². The third kappa shape index (κ3) is 4.15. The molecule has 34 heavy (non-hydrogen) atoms. The summed E-state index contributed by atoms with van der Waals surface area (Å²) in [5, 5.41) is 11.1. The van der Waals surface area contributed by atoms with Gasteiger partial charge in [-0.05, 0) is 24.1 Å². The zero-order valence-corrected chi connectivity index (χ0v) is 18.2. The van der Waals surface area contributed by atoms with Crippen molar-refractivity contribution in [2.24, 2.45) is 0 Å². The molecule has 0 bridgehead atoms. The van der Waals surface area contributed by atoms with Crippen molar-refractivity contribution in [1.29, 1.82) is 0 Å². The summed E-state index contributed by atoms with van der Waals surface area (Å²) < 4.78 is 30.2. The summed E-state index contributed by atoms with van der Waals surface area (Å²) in [6, 6.07) is 19.9. The zero-order valence-electron chi connectivity index (χ0n) is 18.2. The molecule has 0 spiro atoms. The number of nitrogens with zero attached hydrogens (tertiary/aromatic N) is 5. The maximum absolute atomic E-state index is 13.8.